The van der Waals surface area contributed by atoms with E-state index in [1.807, 2.05) is 0 Å². The molecule has 0 amide bonds. The van der Waals surface area contributed by atoms with E-state index >= 15 is 0 Å². The predicted octanol–water partition coefficient (Wildman–Crippen LogP) is 22.0. The van der Waals surface area contributed by atoms with Crippen molar-refractivity contribution < 1.29 is 4.42 Å². The zero-order valence-electron chi connectivity index (χ0n) is 58.5. The van der Waals surface area contributed by atoms with Crippen molar-refractivity contribution in [2.45, 2.75) is 258 Å². The molecule has 0 fully saturated rings. The van der Waals surface area contributed by atoms with Crippen molar-refractivity contribution in [1.29, 1.82) is 0 Å². The Labute approximate surface area is 536 Å². The second-order valence-corrected chi connectivity index (χ2v) is 36.1. The lowest BCUT2D eigenvalue weighted by Crippen LogP contribution is -2.61. The van der Waals surface area contributed by atoms with Crippen LogP contribution >= 0.6 is 0 Å². The maximum absolute atomic E-state index is 7.99. The summed E-state index contributed by atoms with van der Waals surface area (Å²) in [6.07, 6.45) is 9.15. The molecule has 4 aliphatic carbocycles. The number of nitrogens with zero attached hydrogens (tertiary/aromatic N) is 3. The van der Waals surface area contributed by atoms with Crippen LogP contribution in [0.1, 0.15) is 259 Å². The maximum Gasteiger partial charge on any atom is 0.297 e. The van der Waals surface area contributed by atoms with Gasteiger partial charge in [-0.05, 0) is 251 Å². The minimum Gasteiger partial charge on any atom is -0.468 e. The van der Waals surface area contributed by atoms with Gasteiger partial charge in [0, 0.05) is 45.2 Å². The van der Waals surface area contributed by atoms with Gasteiger partial charge in [0.05, 0.1) is 17.0 Å². The van der Waals surface area contributed by atoms with E-state index < -0.39 is 0 Å². The highest BCUT2D eigenvalue weighted by molar-refractivity contribution is 7.00. The Hall–Kier alpha value is -6.46. The molecule has 6 aliphatic rings. The average molecular weight is 1180 g/mol. The lowest BCUT2D eigenvalue weighted by Gasteiger charge is -2.47. The molecule has 0 saturated heterocycles. The molecule has 5 heteroatoms. The van der Waals surface area contributed by atoms with Crippen LogP contribution in [0.4, 0.5) is 51.2 Å². The Morgan fingerprint density at radius 1 is 0.360 bits per heavy atom. The van der Waals surface area contributed by atoms with Crippen LogP contribution < -0.4 is 31.3 Å². The second-order valence-electron chi connectivity index (χ2n) is 36.1. The zero-order valence-corrected chi connectivity index (χ0v) is 58.5. The Kier molecular flexibility index (Phi) is 12.9. The van der Waals surface area contributed by atoms with Gasteiger partial charge in [-0.1, -0.05) is 195 Å². The number of furan rings is 1. The van der Waals surface area contributed by atoms with Crippen molar-refractivity contribution in [2.24, 2.45) is 0 Å². The van der Waals surface area contributed by atoms with E-state index in [-0.39, 0.29) is 60.9 Å². The lowest BCUT2D eigenvalue weighted by molar-refractivity contribution is 0.332. The first-order valence-electron chi connectivity index (χ1n) is 34.2. The van der Waals surface area contributed by atoms with Gasteiger partial charge in [0.1, 0.15) is 5.58 Å². The Bertz CT molecular complexity index is 4180. The smallest absolute Gasteiger partial charge is 0.297 e. The third kappa shape index (κ3) is 9.30. The van der Waals surface area contributed by atoms with E-state index in [0.29, 0.717) is 0 Å². The molecule has 0 bridgehead atoms. The van der Waals surface area contributed by atoms with Gasteiger partial charge in [-0.3, -0.25) is 0 Å². The van der Waals surface area contributed by atoms with Crippen molar-refractivity contribution in [1.82, 2.24) is 0 Å². The topological polar surface area (TPSA) is 22.9 Å². The molecule has 0 N–H and O–H groups in total. The molecular weight excluding hydrogens is 1080 g/mol. The molecule has 0 radical (unpaired) electrons. The number of benzene rings is 7. The molecule has 89 heavy (non-hydrogen) atoms. The van der Waals surface area contributed by atoms with Gasteiger partial charge in [0.15, 0.2) is 0 Å². The summed E-state index contributed by atoms with van der Waals surface area (Å²) >= 11 is 0. The normalized spacial score (nSPS) is 20.8. The fourth-order valence-electron chi connectivity index (χ4n) is 17.4. The summed E-state index contributed by atoms with van der Waals surface area (Å²) in [4.78, 5) is 8.01. The molecule has 14 rings (SSSR count). The standard InChI is InChI=1S/C84H102BN3O/c1-75(2,3)51-23-27-53(28-24-51)86(54-29-25-52(26-30-54)76(4,5)6)57-45-69-72-70(46-57)88(56-32-34-60-62(44-56)80(13,14)38-36-78(60,9)10)73-58-47-63-66(84(21,22)42-39-81(63,15)16)50-71(58)89-74(73)85(72)67-48-64-65(83(19,20)41-40-82(64,17)18)49-68(67)87(69)55-31-33-59-61(43-55)79(11,12)37-35-77(59,7)8/h23-34,43-50H,35-42H2,1-22H3. The Morgan fingerprint density at radius 3 is 1.15 bits per heavy atom. The largest absolute Gasteiger partial charge is 0.468 e. The Morgan fingerprint density at radius 2 is 0.719 bits per heavy atom. The number of anilines is 9. The second kappa shape index (κ2) is 19.1. The van der Waals surface area contributed by atoms with Crippen LogP contribution in [0, 0.1) is 0 Å². The van der Waals surface area contributed by atoms with Crippen LogP contribution in [0.15, 0.2) is 126 Å². The molecule has 462 valence electrons. The molecule has 0 saturated carbocycles. The molecular formula is C84H102BN3O. The minimum atomic E-state index is -0.213. The highest BCUT2D eigenvalue weighted by atomic mass is 16.3. The SMILES string of the molecule is CC(C)(C)c1ccc(N(c2ccc(C(C)(C)C)cc2)c2cc3c4c(c2)N(c2ccc5c(c2)C(C)(C)CCC5(C)C)c2c(oc5cc6c(cc25)C(C)(C)CCC6(C)C)B4c2cc4c(cc2N3c2ccc3c(c2)C(C)(C)CCC3(C)C)C(C)(C)CCC4(C)C)cc1. The average Bonchev–Trinajstić information content (AvgIpc) is 1.68. The van der Waals surface area contributed by atoms with Crippen molar-refractivity contribution in [3.05, 3.63) is 177 Å². The minimum absolute atomic E-state index is 0.00160. The van der Waals surface area contributed by atoms with Crippen molar-refractivity contribution in [3.8, 4) is 0 Å². The zero-order chi connectivity index (χ0) is 63.7. The monoisotopic (exact) mass is 1180 g/mol. The van der Waals surface area contributed by atoms with E-state index in [1.54, 1.807) is 0 Å². The number of hydrogen-bond donors (Lipinski definition) is 0. The number of hydrogen-bond acceptors (Lipinski definition) is 4. The van der Waals surface area contributed by atoms with E-state index in [4.69, 9.17) is 4.42 Å². The third-order valence-electron chi connectivity index (χ3n) is 24.0. The van der Waals surface area contributed by atoms with E-state index in [0.717, 1.165) is 73.3 Å². The van der Waals surface area contributed by atoms with Crippen LogP contribution in [0.3, 0.4) is 0 Å². The molecule has 1 aromatic heterocycles. The van der Waals surface area contributed by atoms with Crippen molar-refractivity contribution in [3.63, 3.8) is 0 Å². The first-order valence-corrected chi connectivity index (χ1v) is 34.2. The summed E-state index contributed by atoms with van der Waals surface area (Å²) in [6, 6.07) is 49.9. The summed E-state index contributed by atoms with van der Waals surface area (Å²) in [5.74, 6) is 0. The maximum atomic E-state index is 7.99. The van der Waals surface area contributed by atoms with Gasteiger partial charge >= 0.3 is 0 Å². The summed E-state index contributed by atoms with van der Waals surface area (Å²) in [7, 11) is 0. The van der Waals surface area contributed by atoms with Crippen LogP contribution in [-0.2, 0) is 54.1 Å². The number of fused-ring (bicyclic) bond motifs is 10. The summed E-state index contributed by atoms with van der Waals surface area (Å²) < 4.78 is 7.99. The van der Waals surface area contributed by atoms with Crippen LogP contribution in [0.2, 0.25) is 0 Å². The van der Waals surface area contributed by atoms with Gasteiger partial charge in [0.25, 0.3) is 6.71 Å². The fraction of sp³-hybridized carbons (Fsp3) is 0.476. The van der Waals surface area contributed by atoms with E-state index in [2.05, 4.69) is 288 Å². The van der Waals surface area contributed by atoms with E-state index in [9.17, 15) is 0 Å². The molecule has 0 atom stereocenters. The first-order chi connectivity index (χ1) is 41.3. The summed E-state index contributed by atoms with van der Waals surface area (Å²) in [5, 5.41) is 1.20. The predicted molar refractivity (Wildman–Crippen MR) is 383 cm³/mol. The van der Waals surface area contributed by atoms with Gasteiger partial charge in [0.2, 0.25) is 0 Å². The highest BCUT2D eigenvalue weighted by Gasteiger charge is 2.51. The molecule has 7 aromatic carbocycles. The molecule has 2 aliphatic heterocycles. The molecule has 0 spiro atoms. The van der Waals surface area contributed by atoms with E-state index in [1.165, 1.54) is 112 Å². The molecule has 8 aromatic rings. The van der Waals surface area contributed by atoms with Crippen molar-refractivity contribution in [2.75, 3.05) is 14.7 Å². The van der Waals surface area contributed by atoms with Gasteiger partial charge in [-0.2, -0.15) is 0 Å². The van der Waals surface area contributed by atoms with Gasteiger partial charge in [-0.15, -0.1) is 0 Å². The molecule has 3 heterocycles. The lowest BCUT2D eigenvalue weighted by atomic mass is 9.35. The fourth-order valence-corrected chi connectivity index (χ4v) is 17.4. The highest BCUT2D eigenvalue weighted by Crippen LogP contribution is 2.57. The van der Waals surface area contributed by atoms with Crippen LogP contribution in [0.25, 0.3) is 11.0 Å². The molecule has 0 unspecified atom stereocenters. The summed E-state index contributed by atoms with van der Waals surface area (Å²) in [5.41, 5.74) is 29.7. The molecule has 4 nitrogen and oxygen atoms in total. The van der Waals surface area contributed by atoms with Crippen LogP contribution in [-0.4, -0.2) is 6.71 Å². The quantitative estimate of drug-likeness (QED) is 0.160. The van der Waals surface area contributed by atoms with Gasteiger partial charge in [-0.25, -0.2) is 0 Å². The van der Waals surface area contributed by atoms with Gasteiger partial charge < -0.3 is 19.1 Å². The Balaban J connectivity index is 1.17. The van der Waals surface area contributed by atoms with Crippen molar-refractivity contribution >= 4 is 85.5 Å². The van der Waals surface area contributed by atoms with Crippen LogP contribution in [0.5, 0.6) is 0 Å². The third-order valence-corrected chi connectivity index (χ3v) is 24.0. The number of rotatable bonds is 5. The first kappa shape index (κ1) is 60.1. The summed E-state index contributed by atoms with van der Waals surface area (Å²) in [6.45, 7) is 53.5.